The number of carbonyl (C=O) groups is 1. The molecule has 0 unspecified atom stereocenters. The second-order valence-corrected chi connectivity index (χ2v) is 4.83. The van der Waals surface area contributed by atoms with Crippen LogP contribution in [0.25, 0.3) is 0 Å². The number of hydrogen-bond donors (Lipinski definition) is 3. The zero-order valence-electron chi connectivity index (χ0n) is 10.8. The van der Waals surface area contributed by atoms with Gasteiger partial charge in [-0.2, -0.15) is 0 Å². The number of phenolic OH excluding ortho intramolecular Hbond substituents is 2. The van der Waals surface area contributed by atoms with Crippen LogP contribution in [0.4, 0.5) is 0 Å². The summed E-state index contributed by atoms with van der Waals surface area (Å²) in [7, 11) is 0. The zero-order valence-corrected chi connectivity index (χ0v) is 10.8. The molecule has 0 aliphatic carbocycles. The van der Waals surface area contributed by atoms with Gasteiger partial charge in [-0.25, -0.2) is 0 Å². The summed E-state index contributed by atoms with van der Waals surface area (Å²) in [6, 6.07) is 3.78. The molecule has 5 nitrogen and oxygen atoms in total. The third-order valence-corrected chi connectivity index (χ3v) is 2.46. The predicted octanol–water partition coefficient (Wildman–Crippen LogP) is 1.33. The Morgan fingerprint density at radius 3 is 2.44 bits per heavy atom. The van der Waals surface area contributed by atoms with Gasteiger partial charge in [-0.15, -0.1) is 0 Å². The fourth-order valence-electron chi connectivity index (χ4n) is 1.66. The van der Waals surface area contributed by atoms with Crippen LogP contribution in [0.2, 0.25) is 0 Å². The highest BCUT2D eigenvalue weighted by molar-refractivity contribution is 5.97. The molecule has 1 aromatic rings. The smallest absolute Gasteiger partial charge is 0.257 e. The number of nitrogens with zero attached hydrogens (tertiary/aromatic N) is 1. The number of aliphatic hydroxyl groups is 1. The maximum absolute atomic E-state index is 12.2. The van der Waals surface area contributed by atoms with Crippen LogP contribution < -0.4 is 0 Å². The van der Waals surface area contributed by atoms with E-state index in [1.54, 1.807) is 20.8 Å². The molecule has 0 saturated heterocycles. The maximum Gasteiger partial charge on any atom is 0.257 e. The third-order valence-electron chi connectivity index (χ3n) is 2.46. The lowest BCUT2D eigenvalue weighted by Crippen LogP contribution is -2.42. The Kier molecular flexibility index (Phi) is 4.19. The van der Waals surface area contributed by atoms with E-state index in [4.69, 9.17) is 0 Å². The summed E-state index contributed by atoms with van der Waals surface area (Å²) in [5.41, 5.74) is -0.987. The number of rotatable bonds is 4. The molecule has 0 fully saturated rings. The van der Waals surface area contributed by atoms with Crippen molar-refractivity contribution < 1.29 is 20.1 Å². The minimum atomic E-state index is -1.02. The summed E-state index contributed by atoms with van der Waals surface area (Å²) < 4.78 is 0. The van der Waals surface area contributed by atoms with E-state index < -0.39 is 11.5 Å². The summed E-state index contributed by atoms with van der Waals surface area (Å²) in [6.07, 6.45) is 0. The average Bonchev–Trinajstić information content (AvgIpc) is 2.27. The Morgan fingerprint density at radius 1 is 1.33 bits per heavy atom. The van der Waals surface area contributed by atoms with Gasteiger partial charge in [0.15, 0.2) is 0 Å². The van der Waals surface area contributed by atoms with E-state index in [1.165, 1.54) is 23.1 Å². The number of phenols is 2. The summed E-state index contributed by atoms with van der Waals surface area (Å²) in [5, 5.41) is 28.7. The molecule has 0 saturated carbocycles. The lowest BCUT2D eigenvalue weighted by Gasteiger charge is -2.28. The van der Waals surface area contributed by atoms with Gasteiger partial charge in [-0.3, -0.25) is 4.79 Å². The Bertz CT molecular complexity index is 437. The minimum Gasteiger partial charge on any atom is -0.508 e. The van der Waals surface area contributed by atoms with Gasteiger partial charge in [0.05, 0.1) is 11.2 Å². The molecular formula is C13H19NO4. The van der Waals surface area contributed by atoms with E-state index >= 15 is 0 Å². The van der Waals surface area contributed by atoms with Gasteiger partial charge in [-0.05, 0) is 39.0 Å². The summed E-state index contributed by atoms with van der Waals surface area (Å²) in [5.74, 6) is -0.699. The molecule has 0 aliphatic rings. The van der Waals surface area contributed by atoms with Gasteiger partial charge in [0.25, 0.3) is 5.91 Å². The predicted molar refractivity (Wildman–Crippen MR) is 67.6 cm³/mol. The summed E-state index contributed by atoms with van der Waals surface area (Å²) in [6.45, 7) is 5.54. The van der Waals surface area contributed by atoms with Crippen LogP contribution in [0.15, 0.2) is 18.2 Å². The van der Waals surface area contributed by atoms with Gasteiger partial charge in [0.2, 0.25) is 0 Å². The number of aromatic hydroxyl groups is 2. The molecule has 0 spiro atoms. The highest BCUT2D eigenvalue weighted by Crippen LogP contribution is 2.24. The molecule has 0 radical (unpaired) electrons. The zero-order chi connectivity index (χ0) is 13.9. The molecule has 1 amide bonds. The van der Waals surface area contributed by atoms with Gasteiger partial charge >= 0.3 is 0 Å². The van der Waals surface area contributed by atoms with Crippen molar-refractivity contribution in [2.45, 2.75) is 26.4 Å². The van der Waals surface area contributed by atoms with Crippen LogP contribution in [-0.4, -0.2) is 44.8 Å². The van der Waals surface area contributed by atoms with Crippen LogP contribution in [0.5, 0.6) is 11.5 Å². The molecule has 0 aliphatic heterocycles. The van der Waals surface area contributed by atoms with Crippen molar-refractivity contribution in [2.24, 2.45) is 0 Å². The molecule has 1 rings (SSSR count). The van der Waals surface area contributed by atoms with E-state index in [9.17, 15) is 20.1 Å². The summed E-state index contributed by atoms with van der Waals surface area (Å²) >= 11 is 0. The highest BCUT2D eigenvalue weighted by Gasteiger charge is 2.24. The van der Waals surface area contributed by atoms with Crippen molar-refractivity contribution in [1.29, 1.82) is 0 Å². The highest BCUT2D eigenvalue weighted by atomic mass is 16.3. The monoisotopic (exact) mass is 253 g/mol. The molecule has 0 atom stereocenters. The van der Waals surface area contributed by atoms with Crippen molar-refractivity contribution in [2.75, 3.05) is 13.1 Å². The van der Waals surface area contributed by atoms with Crippen molar-refractivity contribution >= 4 is 5.91 Å². The van der Waals surface area contributed by atoms with E-state index in [1.807, 2.05) is 0 Å². The fourth-order valence-corrected chi connectivity index (χ4v) is 1.66. The molecule has 0 aromatic heterocycles. The first kappa shape index (κ1) is 14.3. The van der Waals surface area contributed by atoms with E-state index in [0.717, 1.165) is 0 Å². The molecule has 3 N–H and O–H groups in total. The number of hydrogen-bond acceptors (Lipinski definition) is 4. The maximum atomic E-state index is 12.2. The molecule has 18 heavy (non-hydrogen) atoms. The molecule has 0 heterocycles. The topological polar surface area (TPSA) is 81.0 Å². The van der Waals surface area contributed by atoms with Crippen molar-refractivity contribution in [3.8, 4) is 11.5 Å². The van der Waals surface area contributed by atoms with Crippen LogP contribution in [0.3, 0.4) is 0 Å². The fraction of sp³-hybridized carbons (Fsp3) is 0.462. The molecule has 5 heteroatoms. The van der Waals surface area contributed by atoms with E-state index in [-0.39, 0.29) is 23.6 Å². The Balaban J connectivity index is 3.00. The van der Waals surface area contributed by atoms with E-state index in [0.29, 0.717) is 6.54 Å². The van der Waals surface area contributed by atoms with Crippen molar-refractivity contribution in [3.05, 3.63) is 23.8 Å². The lowest BCUT2D eigenvalue weighted by atomic mass is 10.1. The molecule has 100 valence electrons. The summed E-state index contributed by atoms with van der Waals surface area (Å²) in [4.78, 5) is 13.6. The number of benzene rings is 1. The lowest BCUT2D eigenvalue weighted by molar-refractivity contribution is 0.0313. The van der Waals surface area contributed by atoms with Crippen molar-refractivity contribution in [3.63, 3.8) is 0 Å². The third kappa shape index (κ3) is 3.63. The SMILES string of the molecule is CCN(CC(C)(C)O)C(=O)c1cc(O)ccc1O. The van der Waals surface area contributed by atoms with Gasteiger partial charge < -0.3 is 20.2 Å². The normalized spacial score (nSPS) is 11.3. The quantitative estimate of drug-likeness (QED) is 0.707. The molecular weight excluding hydrogens is 234 g/mol. The standard InChI is InChI=1S/C13H19NO4/c1-4-14(8-13(2,3)18)12(17)10-7-9(15)5-6-11(10)16/h5-7,15-16,18H,4,8H2,1-3H3. The van der Waals surface area contributed by atoms with E-state index in [2.05, 4.69) is 0 Å². The number of likely N-dealkylation sites (N-methyl/N-ethyl adjacent to an activating group) is 1. The Hall–Kier alpha value is -1.75. The van der Waals surface area contributed by atoms with Gasteiger partial charge in [0, 0.05) is 13.1 Å². The van der Waals surface area contributed by atoms with Crippen molar-refractivity contribution in [1.82, 2.24) is 4.90 Å². The average molecular weight is 253 g/mol. The molecule has 0 bridgehead atoms. The van der Waals surface area contributed by atoms with Crippen LogP contribution in [-0.2, 0) is 0 Å². The molecule has 1 aromatic carbocycles. The van der Waals surface area contributed by atoms with Gasteiger partial charge in [-0.1, -0.05) is 0 Å². The first-order valence-corrected chi connectivity index (χ1v) is 5.78. The van der Waals surface area contributed by atoms with Gasteiger partial charge in [0.1, 0.15) is 11.5 Å². The number of amides is 1. The largest absolute Gasteiger partial charge is 0.508 e. The van der Waals surface area contributed by atoms with Crippen LogP contribution in [0.1, 0.15) is 31.1 Å². The van der Waals surface area contributed by atoms with Crippen LogP contribution in [0, 0.1) is 0 Å². The second-order valence-electron chi connectivity index (χ2n) is 4.83. The second kappa shape index (κ2) is 5.27. The minimum absolute atomic E-state index is 0.0288. The van der Waals surface area contributed by atoms with Crippen LogP contribution >= 0.6 is 0 Å². The number of carbonyl (C=O) groups excluding carboxylic acids is 1. The Labute approximate surface area is 106 Å². The first-order chi connectivity index (χ1) is 8.24. The first-order valence-electron chi connectivity index (χ1n) is 5.78. The Morgan fingerprint density at radius 2 is 1.94 bits per heavy atom.